The number of aromatic nitrogens is 1. The third-order valence-corrected chi connectivity index (χ3v) is 11.8. The number of aliphatic carboxylic acids is 1. The first-order chi connectivity index (χ1) is 29.0. The summed E-state index contributed by atoms with van der Waals surface area (Å²) < 4.78 is 43.6. The first kappa shape index (κ1) is 57.4. The molecule has 1 aromatic heterocycles. The van der Waals surface area contributed by atoms with E-state index in [0.717, 1.165) is 29.3 Å². The minimum Gasteiger partial charge on any atom is -0.542 e. The standard InChI is InChI=1S/C41H67N7O7.C2HF3O2.Na/c1-12-25(6)36(47(9)35(24(4)5)41(53)46-40(52)34(43-8)23(2)3)32(54-10)21-33(49)48-19-15-18-31(48)37(55-11)26(7)39(51)45-30(38(42)50)20-27-22-44-29-17-14-13-16-28(27)29;3-2(4,5)1(6)7;/h13-14,16-17,22-26,30-32,34-37,43-44H,12,15,18-21H2,1-11H3,(H2,42,50)(H,45,51)(H,46,52,53);(H,6,7);/q;;+1/p-1/t25-,26+,30-,31-,32+,34-,35-,36-,37+;;/m0../s1. The molecule has 0 unspecified atom stereocenters. The number of likely N-dealkylation sites (N-methyl/N-ethyl adjacent to an activating group) is 2. The van der Waals surface area contributed by atoms with Crippen molar-refractivity contribution in [1.82, 2.24) is 30.7 Å². The number of imide groups is 1. The van der Waals surface area contributed by atoms with Gasteiger partial charge in [0.1, 0.15) is 12.0 Å². The Morgan fingerprint density at radius 3 is 2.08 bits per heavy atom. The van der Waals surface area contributed by atoms with Crippen LogP contribution in [0.3, 0.4) is 0 Å². The molecule has 1 aliphatic rings. The smallest absolute Gasteiger partial charge is 0.542 e. The van der Waals surface area contributed by atoms with Gasteiger partial charge >= 0.3 is 35.7 Å². The Bertz CT molecular complexity index is 1810. The Balaban J connectivity index is 0.00000228. The van der Waals surface area contributed by atoms with Crippen LogP contribution in [-0.2, 0) is 44.7 Å². The maximum atomic E-state index is 14.3. The SMILES string of the molecule is CC[C@H](C)[C@@H]([C@@H](CC(=O)N1CCC[C@H]1[C@H](OC)[C@@H](C)C(=O)N[C@@H](Cc1c[nH]c2ccccc12)C(N)=O)OC)N(C)[C@H](C(=O)NC(=O)[C@@H](NC)C(C)C)C(C)C.O=C([O-])C(F)(F)F.[Na+]. The van der Waals surface area contributed by atoms with E-state index in [2.05, 4.69) is 34.8 Å². The molecule has 20 heteroatoms. The molecule has 2 aromatic rings. The fourth-order valence-corrected chi connectivity index (χ4v) is 8.42. The van der Waals surface area contributed by atoms with Gasteiger partial charge in [0.2, 0.25) is 29.5 Å². The van der Waals surface area contributed by atoms with Gasteiger partial charge in [0.25, 0.3) is 0 Å². The number of hydrogen-bond donors (Lipinski definition) is 5. The Morgan fingerprint density at radius 1 is 0.984 bits per heavy atom. The Hall–Kier alpha value is -3.59. The monoisotopic (exact) mass is 905 g/mol. The Labute approximate surface area is 391 Å². The van der Waals surface area contributed by atoms with Gasteiger partial charge in [-0.1, -0.05) is 73.1 Å². The van der Waals surface area contributed by atoms with E-state index < -0.39 is 72.2 Å². The van der Waals surface area contributed by atoms with E-state index in [0.29, 0.717) is 13.0 Å². The van der Waals surface area contributed by atoms with Crippen molar-refractivity contribution in [3.8, 4) is 0 Å². The number of carbonyl (C=O) groups is 6. The first-order valence-corrected chi connectivity index (χ1v) is 21.0. The molecule has 0 spiro atoms. The maximum absolute atomic E-state index is 14.3. The van der Waals surface area contributed by atoms with Gasteiger partial charge in [-0.25, -0.2) is 0 Å². The molecule has 1 aliphatic heterocycles. The quantitative estimate of drug-likeness (QED) is 0.0984. The molecular weight excluding hydrogens is 838 g/mol. The van der Waals surface area contributed by atoms with Gasteiger partial charge in [0.15, 0.2) is 0 Å². The number of benzene rings is 1. The summed E-state index contributed by atoms with van der Waals surface area (Å²) >= 11 is 0. The molecule has 350 valence electrons. The zero-order valence-electron chi connectivity index (χ0n) is 38.8. The summed E-state index contributed by atoms with van der Waals surface area (Å²) in [7, 11) is 6.66. The summed E-state index contributed by atoms with van der Waals surface area (Å²) in [5, 5.41) is 18.2. The molecule has 3 rings (SSSR count). The second-order valence-corrected chi connectivity index (χ2v) is 16.7. The van der Waals surface area contributed by atoms with Gasteiger partial charge in [0, 0.05) is 50.3 Å². The number of fused-ring (bicyclic) bond motifs is 1. The number of para-hydroxylation sites is 1. The molecule has 16 nitrogen and oxygen atoms in total. The van der Waals surface area contributed by atoms with Crippen LogP contribution < -0.4 is 56.3 Å². The fourth-order valence-electron chi connectivity index (χ4n) is 8.42. The number of nitrogens with one attached hydrogen (secondary N) is 4. The van der Waals surface area contributed by atoms with E-state index in [9.17, 15) is 37.1 Å². The second kappa shape index (κ2) is 26.4. The fraction of sp³-hybridized carbons (Fsp3) is 0.674. The van der Waals surface area contributed by atoms with Crippen LogP contribution in [0.1, 0.15) is 79.7 Å². The van der Waals surface area contributed by atoms with Crippen molar-refractivity contribution in [2.24, 2.45) is 29.4 Å². The molecule has 9 atom stereocenters. The maximum Gasteiger partial charge on any atom is 1.00 e. The van der Waals surface area contributed by atoms with E-state index in [-0.39, 0.29) is 78.0 Å². The van der Waals surface area contributed by atoms with Gasteiger partial charge in [-0.3, -0.25) is 34.2 Å². The molecule has 6 N–H and O–H groups in total. The van der Waals surface area contributed by atoms with Crippen molar-refractivity contribution in [1.29, 1.82) is 0 Å². The number of rotatable bonds is 21. The van der Waals surface area contributed by atoms with Crippen LogP contribution in [0.15, 0.2) is 30.5 Å². The van der Waals surface area contributed by atoms with Crippen molar-refractivity contribution in [3.05, 3.63) is 36.0 Å². The average molecular weight is 906 g/mol. The summed E-state index contributed by atoms with van der Waals surface area (Å²) in [5.41, 5.74) is 7.56. The number of carboxylic acids is 1. The zero-order valence-corrected chi connectivity index (χ0v) is 40.8. The summed E-state index contributed by atoms with van der Waals surface area (Å²) in [5.74, 6) is -5.82. The van der Waals surface area contributed by atoms with Crippen LogP contribution >= 0.6 is 0 Å². The van der Waals surface area contributed by atoms with Crippen LogP contribution in [-0.4, -0.2) is 134 Å². The summed E-state index contributed by atoms with van der Waals surface area (Å²) in [6, 6.07) is 4.84. The minimum absolute atomic E-state index is 0. The minimum atomic E-state index is -5.19. The van der Waals surface area contributed by atoms with E-state index in [1.165, 1.54) is 7.11 Å². The predicted molar refractivity (Wildman–Crippen MR) is 225 cm³/mol. The van der Waals surface area contributed by atoms with Crippen LogP contribution in [0.2, 0.25) is 0 Å². The number of nitrogens with zero attached hydrogens (tertiary/aromatic N) is 2. The number of carboxylic acid groups (broad SMARTS) is 1. The van der Waals surface area contributed by atoms with Crippen molar-refractivity contribution >= 4 is 46.4 Å². The van der Waals surface area contributed by atoms with Crippen LogP contribution in [0.5, 0.6) is 0 Å². The molecule has 1 aromatic carbocycles. The topological polar surface area (TPSA) is 228 Å². The number of carbonyl (C=O) groups excluding carboxylic acids is 6. The molecular formula is C43H67F3N7NaO9. The van der Waals surface area contributed by atoms with Gasteiger partial charge in [0.05, 0.1) is 42.7 Å². The molecule has 2 heterocycles. The van der Waals surface area contributed by atoms with Crippen molar-refractivity contribution in [3.63, 3.8) is 0 Å². The molecule has 5 amide bonds. The predicted octanol–water partition coefficient (Wildman–Crippen LogP) is -0.712. The zero-order chi connectivity index (χ0) is 47.2. The number of likely N-dealkylation sites (tertiary alicyclic amines) is 1. The summed E-state index contributed by atoms with van der Waals surface area (Å²) in [6.07, 6.45) is -2.22. The van der Waals surface area contributed by atoms with E-state index in [1.807, 2.05) is 70.1 Å². The van der Waals surface area contributed by atoms with Gasteiger partial charge in [-0.05, 0) is 56.3 Å². The number of nitrogens with two attached hydrogens (primary N) is 1. The summed E-state index contributed by atoms with van der Waals surface area (Å²) in [4.78, 5) is 83.1. The van der Waals surface area contributed by atoms with Crippen molar-refractivity contribution in [2.45, 2.75) is 129 Å². The Kier molecular flexibility index (Phi) is 24.1. The number of aromatic amines is 1. The molecule has 0 bridgehead atoms. The van der Waals surface area contributed by atoms with Gasteiger partial charge < -0.3 is 45.6 Å². The molecule has 1 saturated heterocycles. The summed E-state index contributed by atoms with van der Waals surface area (Å²) in [6.45, 7) is 14.1. The molecule has 0 aliphatic carbocycles. The number of ether oxygens (including phenoxy) is 2. The van der Waals surface area contributed by atoms with Gasteiger partial charge in [-0.2, -0.15) is 13.2 Å². The molecule has 0 radical (unpaired) electrons. The number of hydrogen-bond acceptors (Lipinski definition) is 11. The van der Waals surface area contributed by atoms with E-state index in [4.69, 9.17) is 25.1 Å². The molecule has 63 heavy (non-hydrogen) atoms. The van der Waals surface area contributed by atoms with E-state index >= 15 is 0 Å². The number of primary amides is 1. The van der Waals surface area contributed by atoms with Crippen LogP contribution in [0.4, 0.5) is 13.2 Å². The second-order valence-electron chi connectivity index (χ2n) is 16.7. The third kappa shape index (κ3) is 15.8. The largest absolute Gasteiger partial charge is 1.00 e. The van der Waals surface area contributed by atoms with Gasteiger partial charge in [-0.15, -0.1) is 0 Å². The normalized spacial score (nSPS) is 18.0. The first-order valence-electron chi connectivity index (χ1n) is 21.0. The Morgan fingerprint density at radius 2 is 1.59 bits per heavy atom. The number of H-pyrrole nitrogens is 1. The van der Waals surface area contributed by atoms with Crippen molar-refractivity contribution in [2.75, 3.05) is 34.9 Å². The number of amides is 5. The number of alkyl halides is 3. The molecule has 1 fully saturated rings. The molecule has 0 saturated carbocycles. The van der Waals surface area contributed by atoms with Crippen LogP contribution in [0.25, 0.3) is 10.9 Å². The number of halogens is 3. The van der Waals surface area contributed by atoms with Crippen LogP contribution in [0, 0.1) is 23.7 Å². The average Bonchev–Trinajstić information content (AvgIpc) is 3.85. The van der Waals surface area contributed by atoms with E-state index in [1.54, 1.807) is 26.0 Å². The number of methoxy groups -OCH3 is 2. The van der Waals surface area contributed by atoms with Crippen molar-refractivity contribution < 1.29 is 86.1 Å². The third-order valence-electron chi connectivity index (χ3n) is 11.8.